The fourth-order valence-electron chi connectivity index (χ4n) is 0.209. The van der Waals surface area contributed by atoms with E-state index >= 15 is 0 Å². The summed E-state index contributed by atoms with van der Waals surface area (Å²) in [7, 11) is 0. The average molecular weight is 196 g/mol. The Bertz CT molecular complexity index is 133. The first-order chi connectivity index (χ1) is 5.27. The van der Waals surface area contributed by atoms with E-state index in [0.717, 1.165) is 0 Å². The van der Waals surface area contributed by atoms with Crippen LogP contribution in [-0.2, 0) is 9.78 Å². The third-order valence-electron chi connectivity index (χ3n) is 0.588. The summed E-state index contributed by atoms with van der Waals surface area (Å²) in [5, 5.41) is 7.79. The van der Waals surface area contributed by atoms with Crippen LogP contribution in [0.3, 0.4) is 0 Å². The predicted molar refractivity (Wildman–Crippen MR) is 25.1 cm³/mol. The zero-order valence-electron chi connectivity index (χ0n) is 5.57. The summed E-state index contributed by atoms with van der Waals surface area (Å²) in [6.07, 6.45) is -8.85. The second-order valence-electron chi connectivity index (χ2n) is 1.76. The van der Waals surface area contributed by atoms with E-state index in [1.165, 1.54) is 0 Å². The van der Waals surface area contributed by atoms with Gasteiger partial charge in [0.1, 0.15) is 6.61 Å². The Hall–Kier alpha value is -0.470. The van der Waals surface area contributed by atoms with Gasteiger partial charge in [0, 0.05) is 0 Å². The van der Waals surface area contributed by atoms with Gasteiger partial charge in [-0.2, -0.15) is 26.8 Å². The van der Waals surface area contributed by atoms with Gasteiger partial charge in [-0.05, 0) is 0 Å². The molecule has 0 bridgehead atoms. The van der Waals surface area contributed by atoms with E-state index in [2.05, 4.69) is 9.78 Å². The van der Waals surface area contributed by atoms with Crippen molar-refractivity contribution < 1.29 is 36.8 Å². The molecule has 0 aromatic carbocycles. The van der Waals surface area contributed by atoms with Gasteiger partial charge in [0.2, 0.25) is 0 Å². The molecule has 0 aliphatic heterocycles. The van der Waals surface area contributed by atoms with Crippen LogP contribution in [0.4, 0.5) is 22.0 Å². The molecule has 1 N–H and O–H groups in total. The molecule has 0 amide bonds. The minimum Gasteiger partial charge on any atom is -0.387 e. The molecular weight excluding hydrogens is 191 g/mol. The van der Waals surface area contributed by atoms with E-state index in [1.807, 2.05) is 0 Å². The van der Waals surface area contributed by atoms with Crippen LogP contribution < -0.4 is 0 Å². The smallest absolute Gasteiger partial charge is 0.387 e. The number of aliphatic hydroxyl groups is 1. The van der Waals surface area contributed by atoms with Crippen molar-refractivity contribution >= 4 is 0 Å². The summed E-state index contributed by atoms with van der Waals surface area (Å²) in [5.41, 5.74) is 0. The lowest BCUT2D eigenvalue weighted by Crippen LogP contribution is -2.28. The predicted octanol–water partition coefficient (Wildman–Crippen LogP) is 1.08. The molecule has 0 spiro atoms. The minimum absolute atomic E-state index is 1.75. The summed E-state index contributed by atoms with van der Waals surface area (Å²) >= 11 is 0. The van der Waals surface area contributed by atoms with Gasteiger partial charge in [-0.15, -0.1) is 0 Å². The van der Waals surface area contributed by atoms with E-state index in [-0.39, 0.29) is 0 Å². The van der Waals surface area contributed by atoms with E-state index < -0.39 is 25.5 Å². The van der Waals surface area contributed by atoms with Crippen molar-refractivity contribution in [3.63, 3.8) is 0 Å². The zero-order valence-corrected chi connectivity index (χ0v) is 5.57. The summed E-state index contributed by atoms with van der Waals surface area (Å²) in [4.78, 5) is 6.07. The Balaban J connectivity index is 3.57. The van der Waals surface area contributed by atoms with Gasteiger partial charge in [0.15, 0.2) is 6.61 Å². The normalized spacial score (nSPS) is 13.5. The van der Waals surface area contributed by atoms with Crippen LogP contribution in [0.1, 0.15) is 0 Å². The first-order valence-electron chi connectivity index (χ1n) is 2.63. The van der Waals surface area contributed by atoms with Crippen LogP contribution in [-0.4, -0.2) is 30.6 Å². The van der Waals surface area contributed by atoms with Gasteiger partial charge >= 0.3 is 12.3 Å². The second kappa shape index (κ2) is 3.97. The molecular formula is C4H5F5O3. The first kappa shape index (κ1) is 11.5. The molecule has 0 atom stereocenters. The molecule has 3 nitrogen and oxygen atoms in total. The fraction of sp³-hybridized carbons (Fsp3) is 1.00. The molecule has 74 valence electrons. The number of hydrogen-bond acceptors (Lipinski definition) is 3. The maximum Gasteiger partial charge on any atom is 0.414 e. The molecule has 0 radical (unpaired) electrons. The van der Waals surface area contributed by atoms with Gasteiger partial charge < -0.3 is 5.11 Å². The van der Waals surface area contributed by atoms with Gasteiger partial charge in [-0.1, -0.05) is 0 Å². The molecule has 0 aliphatic carbocycles. The van der Waals surface area contributed by atoms with Crippen molar-refractivity contribution in [1.82, 2.24) is 0 Å². The molecule has 0 aromatic rings. The minimum atomic E-state index is -4.74. The lowest BCUT2D eigenvalue weighted by molar-refractivity contribution is -0.459. The monoisotopic (exact) mass is 196 g/mol. The van der Waals surface area contributed by atoms with Gasteiger partial charge in [-0.3, -0.25) is 0 Å². The van der Waals surface area contributed by atoms with Gasteiger partial charge in [0.25, 0.3) is 0 Å². The lowest BCUT2D eigenvalue weighted by atomic mass is 10.7. The molecule has 0 aromatic heterocycles. The van der Waals surface area contributed by atoms with Crippen molar-refractivity contribution in [2.75, 3.05) is 13.2 Å². The number of alkyl halides is 5. The topological polar surface area (TPSA) is 38.7 Å². The van der Waals surface area contributed by atoms with Gasteiger partial charge in [-0.25, -0.2) is 4.89 Å². The summed E-state index contributed by atoms with van der Waals surface area (Å²) in [5.74, 6) is 0. The molecule has 0 saturated heterocycles. The van der Waals surface area contributed by atoms with Crippen LogP contribution in [0.15, 0.2) is 0 Å². The number of rotatable bonds is 4. The summed E-state index contributed by atoms with van der Waals surface area (Å²) in [6.45, 7) is -3.70. The molecule has 8 heteroatoms. The summed E-state index contributed by atoms with van der Waals surface area (Å²) in [6, 6.07) is 0. The third-order valence-corrected chi connectivity index (χ3v) is 0.588. The van der Waals surface area contributed by atoms with Crippen LogP contribution in [0, 0.1) is 0 Å². The first-order valence-corrected chi connectivity index (χ1v) is 2.63. The molecule has 0 fully saturated rings. The molecule has 0 heterocycles. The Morgan fingerprint density at radius 3 is 1.92 bits per heavy atom. The highest BCUT2D eigenvalue weighted by atomic mass is 19.4. The number of aliphatic hydroxyl groups excluding tert-OH is 1. The maximum absolute atomic E-state index is 11.8. The zero-order chi connectivity index (χ0) is 9.83. The van der Waals surface area contributed by atoms with E-state index in [9.17, 15) is 22.0 Å². The molecule has 12 heavy (non-hydrogen) atoms. The number of hydrogen-bond donors (Lipinski definition) is 1. The van der Waals surface area contributed by atoms with Crippen LogP contribution in [0.2, 0.25) is 0 Å². The highest BCUT2D eigenvalue weighted by Crippen LogP contribution is 2.18. The average Bonchev–Trinajstić information content (AvgIpc) is 1.84. The quantitative estimate of drug-likeness (QED) is 0.415. The molecule has 0 aliphatic rings. The fourth-order valence-corrected chi connectivity index (χ4v) is 0.209. The van der Waals surface area contributed by atoms with Crippen molar-refractivity contribution in [3.8, 4) is 0 Å². The van der Waals surface area contributed by atoms with Crippen molar-refractivity contribution in [2.24, 2.45) is 0 Å². The standard InChI is InChI=1S/C4H5F5O3/c5-3(6,7)2-11-12-4(8,9)1-10/h10H,1-2H2. The highest BCUT2D eigenvalue weighted by Gasteiger charge is 2.34. The van der Waals surface area contributed by atoms with Crippen LogP contribution >= 0.6 is 0 Å². The highest BCUT2D eigenvalue weighted by molar-refractivity contribution is 4.45. The van der Waals surface area contributed by atoms with E-state index in [1.54, 1.807) is 0 Å². The molecule has 0 saturated carbocycles. The Morgan fingerprint density at radius 1 is 1.08 bits per heavy atom. The maximum atomic E-state index is 11.8. The van der Waals surface area contributed by atoms with E-state index in [4.69, 9.17) is 5.11 Å². The Labute approximate surface area is 63.6 Å². The third kappa shape index (κ3) is 6.25. The lowest BCUT2D eigenvalue weighted by Gasteiger charge is -2.13. The van der Waals surface area contributed by atoms with Crippen LogP contribution in [0.5, 0.6) is 0 Å². The van der Waals surface area contributed by atoms with Crippen molar-refractivity contribution in [2.45, 2.75) is 12.3 Å². The van der Waals surface area contributed by atoms with E-state index in [0.29, 0.717) is 0 Å². The second-order valence-corrected chi connectivity index (χ2v) is 1.76. The Kier molecular flexibility index (Phi) is 3.81. The van der Waals surface area contributed by atoms with Gasteiger partial charge in [0.05, 0.1) is 0 Å². The SMILES string of the molecule is OCC(F)(F)OOCC(F)(F)F. The largest absolute Gasteiger partial charge is 0.414 e. The Morgan fingerprint density at radius 2 is 1.58 bits per heavy atom. The molecule has 0 unspecified atom stereocenters. The van der Waals surface area contributed by atoms with Crippen LogP contribution in [0.25, 0.3) is 0 Å². The molecule has 0 rings (SSSR count). The summed E-state index contributed by atoms with van der Waals surface area (Å²) < 4.78 is 57.2. The number of halogens is 5. The van der Waals surface area contributed by atoms with Crippen molar-refractivity contribution in [1.29, 1.82) is 0 Å². The van der Waals surface area contributed by atoms with Crippen molar-refractivity contribution in [3.05, 3.63) is 0 Å².